The molecule has 0 radical (unpaired) electrons. The summed E-state index contributed by atoms with van der Waals surface area (Å²) in [6.45, 7) is 8.00. The third-order valence-electron chi connectivity index (χ3n) is 0. The van der Waals surface area contributed by atoms with Gasteiger partial charge in [-0.25, -0.2) is 0 Å². The van der Waals surface area contributed by atoms with Crippen LogP contribution in [0.2, 0.25) is 0 Å². The predicted octanol–water partition coefficient (Wildman–Crippen LogP) is 0.429. The van der Waals surface area contributed by atoms with Gasteiger partial charge in [-0.15, -0.1) is 13.2 Å². The fraction of sp³-hybridized carbons (Fsp3) is 0.250. The summed E-state index contributed by atoms with van der Waals surface area (Å²) in [6, 6.07) is 0. The maximum atomic E-state index is 8.00. The number of hydrogen-bond donors (Lipinski definition) is 0. The lowest BCUT2D eigenvalue weighted by Crippen LogP contribution is -0.925. The van der Waals surface area contributed by atoms with E-state index in [4.69, 9.17) is 4.79 Å². The van der Waals surface area contributed by atoms with E-state index in [1.807, 2.05) is 6.79 Å². The summed E-state index contributed by atoms with van der Waals surface area (Å²) in [5, 5.41) is 0. The van der Waals surface area contributed by atoms with Crippen molar-refractivity contribution in [3.63, 3.8) is 0 Å². The first-order valence-corrected chi connectivity index (χ1v) is 0.789. The van der Waals surface area contributed by atoms with E-state index in [9.17, 15) is 0 Å². The van der Waals surface area contributed by atoms with Crippen molar-refractivity contribution in [3.05, 3.63) is 13.2 Å². The third-order valence-corrected chi connectivity index (χ3v) is 0. The smallest absolute Gasteiger partial charge is 0.106 e. The lowest BCUT2D eigenvalue weighted by Gasteiger charge is -0.837. The summed E-state index contributed by atoms with van der Waals surface area (Å²) in [4.78, 5) is 8.00. The zero-order chi connectivity index (χ0) is 4.00. The van der Waals surface area contributed by atoms with Gasteiger partial charge in [0, 0.05) is 0 Å². The highest BCUT2D eigenvalue weighted by Crippen LogP contribution is 0.862. The molecule has 0 saturated carbocycles. The molecule has 2 N–H and O–H groups in total. The van der Waals surface area contributed by atoms with Gasteiger partial charge in [-0.3, -0.25) is 0 Å². The Bertz CT molecular complexity index is 7.51. The average Bonchev–Trinajstić information content (AvgIpc) is 1.50. The maximum absolute atomic E-state index is 8.00. The number of carbonyl (C=O) groups is 1. The summed E-state index contributed by atoms with van der Waals surface area (Å²) in [6.07, 6.45) is 0. The standard InChI is InChI=1S/C2H4.CH2O.CH4.H2O/c2*1-2;;/h1-2H2;1H2;1H4;1H2. The van der Waals surface area contributed by atoms with Gasteiger partial charge < -0.3 is 10.3 Å². The van der Waals surface area contributed by atoms with Gasteiger partial charge in [0.1, 0.15) is 6.79 Å². The van der Waals surface area contributed by atoms with Crippen LogP contribution >= 0.6 is 0 Å². The molecule has 0 spiro atoms. The Morgan fingerprint density at radius 1 is 1.00 bits per heavy atom. The van der Waals surface area contributed by atoms with Crippen molar-refractivity contribution >= 4 is 6.79 Å². The molecule has 0 aliphatic rings. The lowest BCUT2D eigenvalue weighted by atomic mass is 11.3. The van der Waals surface area contributed by atoms with Gasteiger partial charge in [0.2, 0.25) is 0 Å². The van der Waals surface area contributed by atoms with Crippen LogP contribution in [0, 0.1) is 0 Å². The van der Waals surface area contributed by atoms with Gasteiger partial charge in [-0.2, -0.15) is 0 Å². The molecule has 0 atom stereocenters. The van der Waals surface area contributed by atoms with Crippen LogP contribution in [-0.4, -0.2) is 12.3 Å². The molecule has 0 heterocycles. The quantitative estimate of drug-likeness (QED) is 0.400. The fourth-order valence-electron chi connectivity index (χ4n) is 0. The first kappa shape index (κ1) is 54.6. The molecular weight excluding hydrogens is 80.0 g/mol. The Morgan fingerprint density at radius 3 is 1.00 bits per heavy atom. The monoisotopic (exact) mass is 92.1 g/mol. The van der Waals surface area contributed by atoms with E-state index in [1.165, 1.54) is 0 Å². The van der Waals surface area contributed by atoms with Gasteiger partial charge in [-0.1, -0.05) is 7.43 Å². The highest BCUT2D eigenvalue weighted by atomic mass is 16.1. The van der Waals surface area contributed by atoms with Crippen molar-refractivity contribution in [3.8, 4) is 0 Å². The third kappa shape index (κ3) is 47.7. The highest BCUT2D eigenvalue weighted by molar-refractivity contribution is 5.10. The predicted molar refractivity (Wildman–Crippen MR) is 28.7 cm³/mol. The molecule has 0 aliphatic heterocycles. The number of rotatable bonds is 0. The Labute approximate surface area is 38.8 Å². The zero-order valence-corrected chi connectivity index (χ0v) is 3.03. The summed E-state index contributed by atoms with van der Waals surface area (Å²) >= 11 is 0. The van der Waals surface area contributed by atoms with Crippen LogP contribution < -0.4 is 0 Å². The SMILES string of the molecule is C.C=C.C=O.O. The van der Waals surface area contributed by atoms with Gasteiger partial charge in [0.05, 0.1) is 0 Å². The molecule has 2 nitrogen and oxygen atoms in total. The van der Waals surface area contributed by atoms with E-state index in [1.54, 1.807) is 0 Å². The van der Waals surface area contributed by atoms with Crippen molar-refractivity contribution in [2.75, 3.05) is 0 Å². The minimum Gasteiger partial charge on any atom is -0.412 e. The highest BCUT2D eigenvalue weighted by Gasteiger charge is 0.636. The molecule has 0 aromatic rings. The van der Waals surface area contributed by atoms with Crippen LogP contribution in [0.3, 0.4) is 0 Å². The molecule has 40 valence electrons. The van der Waals surface area contributed by atoms with E-state index in [0.717, 1.165) is 0 Å². The van der Waals surface area contributed by atoms with Crippen LogP contribution in [0.4, 0.5) is 0 Å². The van der Waals surface area contributed by atoms with E-state index in [0.29, 0.717) is 0 Å². The first-order chi connectivity index (χ1) is 2.00. The summed E-state index contributed by atoms with van der Waals surface area (Å²) in [5.74, 6) is 0. The average molecular weight is 92.1 g/mol. The molecule has 0 aliphatic carbocycles. The van der Waals surface area contributed by atoms with E-state index in [2.05, 4.69) is 13.2 Å². The molecule has 6 heavy (non-hydrogen) atoms. The first-order valence-electron chi connectivity index (χ1n) is 0.789. The molecule has 0 rings (SSSR count). The second-order valence-electron chi connectivity index (χ2n) is 0. The Kier molecular flexibility index (Phi) is 1140. The van der Waals surface area contributed by atoms with Crippen molar-refractivity contribution in [2.45, 2.75) is 7.43 Å². The second-order valence-corrected chi connectivity index (χ2v) is 0. The van der Waals surface area contributed by atoms with E-state index < -0.39 is 0 Å². The minimum absolute atomic E-state index is 0. The maximum Gasteiger partial charge on any atom is 0.106 e. The van der Waals surface area contributed by atoms with Crippen molar-refractivity contribution in [2.24, 2.45) is 0 Å². The Morgan fingerprint density at radius 2 is 1.00 bits per heavy atom. The molecule has 0 fully saturated rings. The van der Waals surface area contributed by atoms with E-state index >= 15 is 0 Å². The number of hydrogen-bond acceptors (Lipinski definition) is 1. The van der Waals surface area contributed by atoms with Crippen molar-refractivity contribution < 1.29 is 10.3 Å². The second kappa shape index (κ2) is 125. The summed E-state index contributed by atoms with van der Waals surface area (Å²) < 4.78 is 0. The summed E-state index contributed by atoms with van der Waals surface area (Å²) in [7, 11) is 0. The fourth-order valence-corrected chi connectivity index (χ4v) is 0. The normalized spacial score (nSPS) is 1.33. The van der Waals surface area contributed by atoms with Crippen LogP contribution in [0.1, 0.15) is 7.43 Å². The largest absolute Gasteiger partial charge is 0.412 e. The van der Waals surface area contributed by atoms with Gasteiger partial charge in [0.25, 0.3) is 0 Å². The molecule has 0 aromatic heterocycles. The summed E-state index contributed by atoms with van der Waals surface area (Å²) in [5.41, 5.74) is 0. The molecule has 0 bridgehead atoms. The van der Waals surface area contributed by atoms with E-state index in [-0.39, 0.29) is 12.9 Å². The molecule has 0 aromatic carbocycles. The molecule has 0 saturated heterocycles. The van der Waals surface area contributed by atoms with Crippen molar-refractivity contribution in [1.82, 2.24) is 0 Å². The van der Waals surface area contributed by atoms with Crippen molar-refractivity contribution in [1.29, 1.82) is 0 Å². The molecular formula is C4H12O2. The van der Waals surface area contributed by atoms with Crippen LogP contribution in [0.15, 0.2) is 13.2 Å². The van der Waals surface area contributed by atoms with Gasteiger partial charge >= 0.3 is 0 Å². The van der Waals surface area contributed by atoms with Crippen LogP contribution in [0.25, 0.3) is 0 Å². The molecule has 0 amide bonds. The number of carbonyl (C=O) groups excluding carboxylic acids is 1. The Hall–Kier alpha value is -0.630. The topological polar surface area (TPSA) is 48.6 Å². The van der Waals surface area contributed by atoms with Crippen LogP contribution in [0.5, 0.6) is 0 Å². The van der Waals surface area contributed by atoms with Gasteiger partial charge in [0.15, 0.2) is 0 Å². The van der Waals surface area contributed by atoms with Crippen LogP contribution in [-0.2, 0) is 4.79 Å². The molecule has 0 unspecified atom stereocenters. The zero-order valence-electron chi connectivity index (χ0n) is 3.03. The Balaban J connectivity index is -0.00000000500. The van der Waals surface area contributed by atoms with Gasteiger partial charge in [-0.05, 0) is 0 Å². The minimum atomic E-state index is 0. The molecule has 2 heteroatoms. The lowest BCUT2D eigenvalue weighted by molar-refractivity contribution is -0.0979.